The number of ether oxygens (including phenoxy) is 1. The summed E-state index contributed by atoms with van der Waals surface area (Å²) in [6, 6.07) is 15.4. The summed E-state index contributed by atoms with van der Waals surface area (Å²) in [6.07, 6.45) is 0. The molecule has 150 valence electrons. The molecule has 0 aliphatic carbocycles. The lowest BCUT2D eigenvalue weighted by Gasteiger charge is -2.12. The standard InChI is InChI=1S/C22H24N4O2S/c1-14-9-11-18(12-10-14)23-22(29)24-20-15(2)25-26(16(20)3)13-17-7-5-6-8-19(17)21(27)28-4/h5-12H,13H2,1-4H3,(H2,23,24,29). The molecule has 7 heteroatoms. The number of nitrogens with one attached hydrogen (secondary N) is 2. The summed E-state index contributed by atoms with van der Waals surface area (Å²) in [5.41, 5.74) is 6.09. The van der Waals surface area contributed by atoms with E-state index in [0.29, 0.717) is 17.2 Å². The van der Waals surface area contributed by atoms with E-state index in [2.05, 4.69) is 15.7 Å². The molecule has 29 heavy (non-hydrogen) atoms. The van der Waals surface area contributed by atoms with Gasteiger partial charge < -0.3 is 15.4 Å². The zero-order valence-electron chi connectivity index (χ0n) is 16.9. The average Bonchev–Trinajstić information content (AvgIpc) is 2.97. The molecule has 0 saturated heterocycles. The van der Waals surface area contributed by atoms with Crippen LogP contribution in [0.5, 0.6) is 0 Å². The lowest BCUT2D eigenvalue weighted by atomic mass is 10.1. The molecular formula is C22H24N4O2S. The maximum absolute atomic E-state index is 12.0. The third kappa shape index (κ3) is 4.81. The molecule has 0 radical (unpaired) electrons. The highest BCUT2D eigenvalue weighted by molar-refractivity contribution is 7.80. The third-order valence-electron chi connectivity index (χ3n) is 4.67. The van der Waals surface area contributed by atoms with Crippen LogP contribution in [0.1, 0.15) is 32.9 Å². The predicted octanol–water partition coefficient (Wildman–Crippen LogP) is 4.45. The molecule has 0 unspecified atom stereocenters. The van der Waals surface area contributed by atoms with Gasteiger partial charge in [0, 0.05) is 5.69 Å². The van der Waals surface area contributed by atoms with E-state index in [9.17, 15) is 4.79 Å². The van der Waals surface area contributed by atoms with Gasteiger partial charge in [0.15, 0.2) is 5.11 Å². The zero-order valence-corrected chi connectivity index (χ0v) is 17.8. The Balaban J connectivity index is 1.78. The van der Waals surface area contributed by atoms with Gasteiger partial charge in [-0.05, 0) is 56.8 Å². The summed E-state index contributed by atoms with van der Waals surface area (Å²) >= 11 is 5.46. The van der Waals surface area contributed by atoms with Crippen LogP contribution in [-0.2, 0) is 11.3 Å². The highest BCUT2D eigenvalue weighted by atomic mass is 32.1. The van der Waals surface area contributed by atoms with E-state index in [1.807, 2.05) is 67.9 Å². The lowest BCUT2D eigenvalue weighted by Crippen LogP contribution is -2.20. The van der Waals surface area contributed by atoms with Crippen LogP contribution in [-0.4, -0.2) is 28.0 Å². The Morgan fingerprint density at radius 2 is 1.76 bits per heavy atom. The van der Waals surface area contributed by atoms with Gasteiger partial charge in [-0.3, -0.25) is 4.68 Å². The molecule has 0 atom stereocenters. The van der Waals surface area contributed by atoms with Gasteiger partial charge in [0.2, 0.25) is 0 Å². The van der Waals surface area contributed by atoms with E-state index in [0.717, 1.165) is 28.3 Å². The number of hydrogen-bond donors (Lipinski definition) is 2. The molecule has 0 aliphatic rings. The van der Waals surface area contributed by atoms with Crippen LogP contribution in [0.3, 0.4) is 0 Å². The van der Waals surface area contributed by atoms with Crippen molar-refractivity contribution in [1.82, 2.24) is 9.78 Å². The van der Waals surface area contributed by atoms with E-state index in [1.165, 1.54) is 12.7 Å². The van der Waals surface area contributed by atoms with Gasteiger partial charge in [0.25, 0.3) is 0 Å². The van der Waals surface area contributed by atoms with Crippen molar-refractivity contribution in [1.29, 1.82) is 0 Å². The smallest absolute Gasteiger partial charge is 0.338 e. The summed E-state index contributed by atoms with van der Waals surface area (Å²) in [6.45, 7) is 6.39. The first-order valence-corrected chi connectivity index (χ1v) is 9.64. The van der Waals surface area contributed by atoms with E-state index in [-0.39, 0.29) is 5.97 Å². The number of hydrogen-bond acceptors (Lipinski definition) is 4. The van der Waals surface area contributed by atoms with Crippen LogP contribution >= 0.6 is 12.2 Å². The molecule has 6 nitrogen and oxygen atoms in total. The Hall–Kier alpha value is -3.19. The second-order valence-corrected chi connectivity index (χ2v) is 7.21. The maximum atomic E-state index is 12.0. The minimum absolute atomic E-state index is 0.357. The topological polar surface area (TPSA) is 68.2 Å². The van der Waals surface area contributed by atoms with Crippen molar-refractivity contribution in [2.24, 2.45) is 0 Å². The van der Waals surface area contributed by atoms with Crippen LogP contribution in [0.4, 0.5) is 11.4 Å². The SMILES string of the molecule is COC(=O)c1ccccc1Cn1nc(C)c(NC(=S)Nc2ccc(C)cc2)c1C. The first-order valence-electron chi connectivity index (χ1n) is 9.24. The fourth-order valence-corrected chi connectivity index (χ4v) is 3.29. The fourth-order valence-electron chi connectivity index (χ4n) is 3.07. The normalized spacial score (nSPS) is 10.5. The van der Waals surface area contributed by atoms with Crippen molar-refractivity contribution in [3.63, 3.8) is 0 Å². The number of esters is 1. The number of methoxy groups -OCH3 is 1. The van der Waals surface area contributed by atoms with Crippen molar-refractivity contribution >= 4 is 34.7 Å². The second kappa shape index (κ2) is 8.87. The number of carbonyl (C=O) groups excluding carboxylic acids is 1. The first-order chi connectivity index (χ1) is 13.9. The number of benzene rings is 2. The fraction of sp³-hybridized carbons (Fsp3) is 0.227. The highest BCUT2D eigenvalue weighted by Gasteiger charge is 2.16. The summed E-state index contributed by atoms with van der Waals surface area (Å²) in [7, 11) is 1.38. The van der Waals surface area contributed by atoms with Gasteiger partial charge in [-0.2, -0.15) is 5.10 Å². The lowest BCUT2D eigenvalue weighted by molar-refractivity contribution is 0.0599. The number of aromatic nitrogens is 2. The molecule has 0 spiro atoms. The molecule has 0 fully saturated rings. The van der Waals surface area contributed by atoms with Gasteiger partial charge in [-0.15, -0.1) is 0 Å². The molecule has 3 rings (SSSR count). The van der Waals surface area contributed by atoms with Gasteiger partial charge in [0.1, 0.15) is 0 Å². The Kier molecular flexibility index (Phi) is 6.29. The van der Waals surface area contributed by atoms with Gasteiger partial charge in [-0.25, -0.2) is 4.79 Å². The van der Waals surface area contributed by atoms with E-state index < -0.39 is 0 Å². The van der Waals surface area contributed by atoms with E-state index >= 15 is 0 Å². The van der Waals surface area contributed by atoms with E-state index in [4.69, 9.17) is 17.0 Å². The molecule has 0 saturated carbocycles. The summed E-state index contributed by atoms with van der Waals surface area (Å²) in [5.74, 6) is -0.357. The number of aryl methyl sites for hydroxylation is 2. The maximum Gasteiger partial charge on any atom is 0.338 e. The Labute approximate surface area is 175 Å². The van der Waals surface area contributed by atoms with Crippen LogP contribution in [0.25, 0.3) is 0 Å². The van der Waals surface area contributed by atoms with Crippen molar-refractivity contribution < 1.29 is 9.53 Å². The molecule has 1 heterocycles. The van der Waals surface area contributed by atoms with E-state index in [1.54, 1.807) is 6.07 Å². The monoisotopic (exact) mass is 408 g/mol. The summed E-state index contributed by atoms with van der Waals surface area (Å²) in [4.78, 5) is 12.0. The quantitative estimate of drug-likeness (QED) is 0.480. The van der Waals surface area contributed by atoms with Gasteiger partial charge >= 0.3 is 5.97 Å². The minimum Gasteiger partial charge on any atom is -0.465 e. The number of carbonyl (C=O) groups is 1. The molecule has 0 bridgehead atoms. The van der Waals surface area contributed by atoms with Crippen molar-refractivity contribution in [2.45, 2.75) is 27.3 Å². The molecule has 1 aromatic heterocycles. The molecule has 3 aromatic rings. The number of thiocarbonyl (C=S) groups is 1. The van der Waals surface area contributed by atoms with Crippen molar-refractivity contribution in [2.75, 3.05) is 17.7 Å². The van der Waals surface area contributed by atoms with Crippen molar-refractivity contribution in [3.8, 4) is 0 Å². The number of anilines is 2. The first kappa shape index (κ1) is 20.5. The van der Waals surface area contributed by atoms with Gasteiger partial charge in [0.05, 0.1) is 36.3 Å². The Bertz CT molecular complexity index is 1040. The van der Waals surface area contributed by atoms with Crippen molar-refractivity contribution in [3.05, 3.63) is 76.6 Å². The predicted molar refractivity (Wildman–Crippen MR) is 120 cm³/mol. The number of nitrogens with zero attached hydrogens (tertiary/aromatic N) is 2. The third-order valence-corrected chi connectivity index (χ3v) is 4.88. The molecule has 0 aliphatic heterocycles. The Morgan fingerprint density at radius 1 is 1.07 bits per heavy atom. The summed E-state index contributed by atoms with van der Waals surface area (Å²) in [5, 5.41) is 11.5. The van der Waals surface area contributed by atoms with Crippen LogP contribution in [0.15, 0.2) is 48.5 Å². The van der Waals surface area contributed by atoms with Crippen LogP contribution in [0, 0.1) is 20.8 Å². The molecular weight excluding hydrogens is 384 g/mol. The molecule has 0 amide bonds. The summed E-state index contributed by atoms with van der Waals surface area (Å²) < 4.78 is 6.74. The zero-order chi connectivity index (χ0) is 21.0. The van der Waals surface area contributed by atoms with Gasteiger partial charge in [-0.1, -0.05) is 35.9 Å². The molecule has 2 aromatic carbocycles. The minimum atomic E-state index is -0.357. The van der Waals surface area contributed by atoms with Crippen LogP contribution < -0.4 is 10.6 Å². The molecule has 2 N–H and O–H groups in total. The number of rotatable bonds is 5. The highest BCUT2D eigenvalue weighted by Crippen LogP contribution is 2.22. The second-order valence-electron chi connectivity index (χ2n) is 6.80. The largest absolute Gasteiger partial charge is 0.465 e. The average molecular weight is 409 g/mol. The Morgan fingerprint density at radius 3 is 2.45 bits per heavy atom. The van der Waals surface area contributed by atoms with Crippen LogP contribution in [0.2, 0.25) is 0 Å².